The van der Waals surface area contributed by atoms with Crippen LogP contribution in [0.25, 0.3) is 0 Å². The number of esters is 1. The molecule has 1 fully saturated rings. The second-order valence-corrected chi connectivity index (χ2v) is 9.55. The molecule has 0 saturated carbocycles. The molecule has 3 rings (SSSR count). The van der Waals surface area contributed by atoms with Crippen LogP contribution >= 0.6 is 11.8 Å². The second kappa shape index (κ2) is 8.73. The van der Waals surface area contributed by atoms with Gasteiger partial charge < -0.3 is 14.8 Å². The summed E-state index contributed by atoms with van der Waals surface area (Å²) in [6, 6.07) is 7.95. The highest BCUT2D eigenvalue weighted by molar-refractivity contribution is 8.00. The van der Waals surface area contributed by atoms with Gasteiger partial charge in [-0.1, -0.05) is 23.9 Å². The van der Waals surface area contributed by atoms with E-state index in [0.717, 1.165) is 5.56 Å². The van der Waals surface area contributed by atoms with Crippen LogP contribution in [0.2, 0.25) is 0 Å². The first kappa shape index (κ1) is 22.8. The number of hydrogen-bond donors (Lipinski definition) is 1. The monoisotopic (exact) mass is 443 g/mol. The maximum absolute atomic E-state index is 12.9. The van der Waals surface area contributed by atoms with Crippen LogP contribution in [-0.4, -0.2) is 52.2 Å². The molecular formula is C22H25N3O5S. The lowest BCUT2D eigenvalue weighted by Crippen LogP contribution is -2.71. The number of methoxy groups -OCH3 is 1. The van der Waals surface area contributed by atoms with Crippen molar-refractivity contribution in [1.82, 2.24) is 10.2 Å². The molecule has 0 aromatic heterocycles. The van der Waals surface area contributed by atoms with Crippen LogP contribution in [0.1, 0.15) is 38.8 Å². The van der Waals surface area contributed by atoms with Gasteiger partial charge in [-0.25, -0.2) is 4.79 Å². The Kier molecular flexibility index (Phi) is 6.43. The Bertz CT molecular complexity index is 974. The third-order valence-corrected chi connectivity index (χ3v) is 6.40. The molecule has 1 aromatic rings. The summed E-state index contributed by atoms with van der Waals surface area (Å²) in [7, 11) is 1.53. The second-order valence-electron chi connectivity index (χ2n) is 8.37. The number of rotatable bonds is 5. The molecule has 2 heterocycles. The fourth-order valence-corrected chi connectivity index (χ4v) is 4.78. The minimum Gasteiger partial charge on any atom is -0.455 e. The summed E-state index contributed by atoms with van der Waals surface area (Å²) < 4.78 is 11.0. The number of nitrogens with zero attached hydrogens (tertiary/aromatic N) is 2. The Morgan fingerprint density at radius 3 is 2.45 bits per heavy atom. The zero-order chi connectivity index (χ0) is 22.9. The Morgan fingerprint density at radius 2 is 1.90 bits per heavy atom. The summed E-state index contributed by atoms with van der Waals surface area (Å²) in [4.78, 5) is 39.6. The lowest BCUT2D eigenvalue weighted by molar-refractivity contribution is -0.159. The van der Waals surface area contributed by atoms with Gasteiger partial charge in [0.25, 0.3) is 5.91 Å². The number of carbonyl (C=O) groups is 3. The van der Waals surface area contributed by atoms with E-state index in [9.17, 15) is 14.4 Å². The number of amides is 2. The van der Waals surface area contributed by atoms with Crippen LogP contribution in [0, 0.1) is 11.3 Å². The molecule has 1 aromatic carbocycles. The zero-order valence-electron chi connectivity index (χ0n) is 18.1. The number of hydrogen-bond acceptors (Lipinski definition) is 7. The molecule has 9 heteroatoms. The Labute approximate surface area is 185 Å². The number of thioether (sulfide) groups is 1. The minimum atomic E-state index is -0.765. The SMILES string of the molecule is CO[C@H]1S[C@H]2[C@@H](NC(=O)Cc3ccc(C#N)cc3)C(=O)N2C(C(=O)OC(C)(C)C)=C1C. The first-order valence-corrected chi connectivity index (χ1v) is 10.7. The molecule has 8 nitrogen and oxygen atoms in total. The van der Waals surface area contributed by atoms with Crippen molar-refractivity contribution in [2.24, 2.45) is 0 Å². The van der Waals surface area contributed by atoms with Gasteiger partial charge in [0.05, 0.1) is 18.1 Å². The highest BCUT2D eigenvalue weighted by Gasteiger charge is 2.56. The van der Waals surface area contributed by atoms with Crippen molar-refractivity contribution < 1.29 is 23.9 Å². The fraction of sp³-hybridized carbons (Fsp3) is 0.455. The minimum absolute atomic E-state index is 0.0777. The molecule has 3 atom stereocenters. The summed E-state index contributed by atoms with van der Waals surface area (Å²) in [6.07, 6.45) is 0.0777. The van der Waals surface area contributed by atoms with Gasteiger partial charge in [0.15, 0.2) is 0 Å². The van der Waals surface area contributed by atoms with Crippen molar-refractivity contribution in [2.45, 2.75) is 56.6 Å². The number of nitriles is 1. The molecular weight excluding hydrogens is 418 g/mol. The first-order chi connectivity index (χ1) is 14.6. The predicted octanol–water partition coefficient (Wildman–Crippen LogP) is 2.09. The summed E-state index contributed by atoms with van der Waals surface area (Å²) in [6.45, 7) is 7.01. The van der Waals surface area contributed by atoms with Crippen molar-refractivity contribution >= 4 is 29.5 Å². The smallest absolute Gasteiger partial charge is 0.355 e. The predicted molar refractivity (Wildman–Crippen MR) is 114 cm³/mol. The van der Waals surface area contributed by atoms with E-state index in [4.69, 9.17) is 14.7 Å². The van der Waals surface area contributed by atoms with E-state index in [2.05, 4.69) is 5.32 Å². The lowest BCUT2D eigenvalue weighted by Gasteiger charge is -2.51. The van der Waals surface area contributed by atoms with Gasteiger partial charge in [0.2, 0.25) is 5.91 Å². The van der Waals surface area contributed by atoms with Gasteiger partial charge in [-0.15, -0.1) is 0 Å². The molecule has 1 saturated heterocycles. The maximum atomic E-state index is 12.9. The number of ether oxygens (including phenoxy) is 2. The topological polar surface area (TPSA) is 109 Å². The van der Waals surface area contributed by atoms with Gasteiger partial charge in [0, 0.05) is 7.11 Å². The molecule has 0 bridgehead atoms. The molecule has 0 spiro atoms. The van der Waals surface area contributed by atoms with E-state index in [0.29, 0.717) is 11.1 Å². The van der Waals surface area contributed by atoms with Gasteiger partial charge in [-0.3, -0.25) is 14.5 Å². The summed E-state index contributed by atoms with van der Waals surface area (Å²) >= 11 is 1.36. The summed E-state index contributed by atoms with van der Waals surface area (Å²) in [5, 5.41) is 11.2. The number of β-lactam (4-membered cyclic amide) rings is 1. The van der Waals surface area contributed by atoms with Crippen molar-refractivity contribution in [2.75, 3.05) is 7.11 Å². The maximum Gasteiger partial charge on any atom is 0.355 e. The van der Waals surface area contributed by atoms with Crippen LogP contribution in [0.4, 0.5) is 0 Å². The quantitative estimate of drug-likeness (QED) is 0.548. The average molecular weight is 444 g/mol. The molecule has 2 amide bonds. The van der Waals surface area contributed by atoms with Crippen LogP contribution < -0.4 is 5.32 Å². The standard InChI is InChI=1S/C22H25N3O5S/c1-12-17(20(28)30-22(2,3)4)25-18(27)16(19(25)31-21(12)29-5)24-15(26)10-13-6-8-14(11-23)9-7-13/h6-9,16,19,21H,10H2,1-5H3,(H,24,26)/t16-,19-,21-/m0/s1. The van der Waals surface area contributed by atoms with E-state index in [-0.39, 0.29) is 23.9 Å². The van der Waals surface area contributed by atoms with E-state index < -0.39 is 28.4 Å². The third kappa shape index (κ3) is 4.75. The van der Waals surface area contributed by atoms with E-state index in [1.165, 1.54) is 23.8 Å². The van der Waals surface area contributed by atoms with E-state index in [1.54, 1.807) is 52.0 Å². The summed E-state index contributed by atoms with van der Waals surface area (Å²) in [5.74, 6) is -1.27. The van der Waals surface area contributed by atoms with Crippen LogP contribution in [-0.2, 0) is 30.3 Å². The average Bonchev–Trinajstić information content (AvgIpc) is 2.70. The number of nitrogens with one attached hydrogen (secondary N) is 1. The molecule has 0 radical (unpaired) electrons. The largest absolute Gasteiger partial charge is 0.455 e. The lowest BCUT2D eigenvalue weighted by atomic mass is 10.0. The van der Waals surface area contributed by atoms with Crippen LogP contribution in [0.3, 0.4) is 0 Å². The van der Waals surface area contributed by atoms with Crippen LogP contribution in [0.5, 0.6) is 0 Å². The molecule has 0 aliphatic carbocycles. The molecule has 31 heavy (non-hydrogen) atoms. The van der Waals surface area contributed by atoms with Gasteiger partial charge in [-0.2, -0.15) is 5.26 Å². The van der Waals surface area contributed by atoms with Crippen molar-refractivity contribution in [3.8, 4) is 6.07 Å². The van der Waals surface area contributed by atoms with Crippen molar-refractivity contribution in [1.29, 1.82) is 5.26 Å². The molecule has 164 valence electrons. The van der Waals surface area contributed by atoms with Gasteiger partial charge >= 0.3 is 5.97 Å². The van der Waals surface area contributed by atoms with Crippen molar-refractivity contribution in [3.05, 3.63) is 46.7 Å². The number of fused-ring (bicyclic) bond motifs is 1. The highest BCUT2D eigenvalue weighted by Crippen LogP contribution is 2.44. The normalized spacial score (nSPS) is 22.9. The molecule has 0 unspecified atom stereocenters. The summed E-state index contributed by atoms with van der Waals surface area (Å²) in [5.41, 5.74) is 0.873. The van der Waals surface area contributed by atoms with E-state index in [1.807, 2.05) is 6.07 Å². The third-order valence-electron chi connectivity index (χ3n) is 4.84. The Morgan fingerprint density at radius 1 is 1.26 bits per heavy atom. The first-order valence-electron chi connectivity index (χ1n) is 9.79. The fourth-order valence-electron chi connectivity index (χ4n) is 3.43. The van der Waals surface area contributed by atoms with Gasteiger partial charge in [0.1, 0.15) is 28.1 Å². The van der Waals surface area contributed by atoms with Crippen LogP contribution in [0.15, 0.2) is 35.5 Å². The number of carbonyl (C=O) groups excluding carboxylic acids is 3. The molecule has 1 N–H and O–H groups in total. The molecule has 2 aliphatic rings. The van der Waals surface area contributed by atoms with E-state index >= 15 is 0 Å². The van der Waals surface area contributed by atoms with Gasteiger partial charge in [-0.05, 0) is 51.0 Å². The number of benzene rings is 1. The van der Waals surface area contributed by atoms with Crippen molar-refractivity contribution in [3.63, 3.8) is 0 Å². The molecule has 2 aliphatic heterocycles. The zero-order valence-corrected chi connectivity index (χ0v) is 18.9. The Balaban J connectivity index is 1.74. The Hall–Kier alpha value is -2.83. The highest BCUT2D eigenvalue weighted by atomic mass is 32.2.